The first kappa shape index (κ1) is 15.0. The Labute approximate surface area is 122 Å². The van der Waals surface area contributed by atoms with E-state index in [1.807, 2.05) is 0 Å². The Morgan fingerprint density at radius 2 is 1.62 bits per heavy atom. The van der Waals surface area contributed by atoms with Crippen LogP contribution < -0.4 is 21.7 Å². The molecule has 21 heavy (non-hydrogen) atoms. The Morgan fingerprint density at radius 1 is 1.00 bits per heavy atom. The summed E-state index contributed by atoms with van der Waals surface area (Å²) >= 11 is 0. The number of rotatable bonds is 4. The second kappa shape index (κ2) is 5.92. The fourth-order valence-electron chi connectivity index (χ4n) is 1.73. The molecule has 0 spiro atoms. The maximum Gasteiger partial charge on any atom is 0.257 e. The van der Waals surface area contributed by atoms with Gasteiger partial charge in [0.25, 0.3) is 5.91 Å². The standard InChI is InChI=1S/C13H14N4O3S/c14-17-12-4-2-1-3-11(12)13(18)16-9-5-7-10(8-6-9)21(15,19)20/h1-8,17H,14H2,(H,16,18)(H2,15,19,20). The molecular weight excluding hydrogens is 292 g/mol. The molecule has 0 saturated heterocycles. The molecule has 0 aliphatic carbocycles. The lowest BCUT2D eigenvalue weighted by Crippen LogP contribution is -2.17. The van der Waals surface area contributed by atoms with E-state index < -0.39 is 10.0 Å². The van der Waals surface area contributed by atoms with Gasteiger partial charge in [0.15, 0.2) is 0 Å². The third-order valence-electron chi connectivity index (χ3n) is 2.77. The smallest absolute Gasteiger partial charge is 0.257 e. The number of nitrogen functional groups attached to an aromatic ring is 1. The summed E-state index contributed by atoms with van der Waals surface area (Å²) in [7, 11) is -3.75. The van der Waals surface area contributed by atoms with Gasteiger partial charge in [-0.1, -0.05) is 12.1 Å². The molecule has 0 aliphatic rings. The van der Waals surface area contributed by atoms with Crippen LogP contribution in [0.2, 0.25) is 0 Å². The summed E-state index contributed by atoms with van der Waals surface area (Å²) < 4.78 is 22.3. The van der Waals surface area contributed by atoms with Gasteiger partial charge in [-0.2, -0.15) is 0 Å². The molecule has 0 atom stereocenters. The van der Waals surface area contributed by atoms with Crippen LogP contribution in [0.1, 0.15) is 10.4 Å². The number of primary sulfonamides is 1. The van der Waals surface area contributed by atoms with E-state index in [1.54, 1.807) is 24.3 Å². The maximum absolute atomic E-state index is 12.1. The summed E-state index contributed by atoms with van der Waals surface area (Å²) in [6.45, 7) is 0. The topological polar surface area (TPSA) is 127 Å². The summed E-state index contributed by atoms with van der Waals surface area (Å²) in [6.07, 6.45) is 0. The minimum absolute atomic E-state index is 0.0236. The van der Waals surface area contributed by atoms with Crippen LogP contribution in [-0.4, -0.2) is 14.3 Å². The lowest BCUT2D eigenvalue weighted by molar-refractivity contribution is 0.102. The van der Waals surface area contributed by atoms with Crippen molar-refractivity contribution in [3.8, 4) is 0 Å². The number of benzene rings is 2. The Bertz CT molecular complexity index is 757. The second-order valence-electron chi connectivity index (χ2n) is 4.21. The minimum Gasteiger partial charge on any atom is -0.323 e. The molecule has 0 bridgehead atoms. The number of hydrogen-bond acceptors (Lipinski definition) is 5. The number of hydrogen-bond donors (Lipinski definition) is 4. The van der Waals surface area contributed by atoms with Crippen LogP contribution in [0.5, 0.6) is 0 Å². The van der Waals surface area contributed by atoms with Crippen molar-refractivity contribution in [2.45, 2.75) is 4.90 Å². The van der Waals surface area contributed by atoms with Gasteiger partial charge in [0.05, 0.1) is 16.1 Å². The van der Waals surface area contributed by atoms with Gasteiger partial charge in [-0.25, -0.2) is 13.6 Å². The van der Waals surface area contributed by atoms with Gasteiger partial charge >= 0.3 is 0 Å². The van der Waals surface area contributed by atoms with Crippen molar-refractivity contribution in [3.05, 3.63) is 54.1 Å². The van der Waals surface area contributed by atoms with Crippen molar-refractivity contribution in [1.82, 2.24) is 0 Å². The van der Waals surface area contributed by atoms with E-state index in [0.29, 0.717) is 16.9 Å². The van der Waals surface area contributed by atoms with Crippen molar-refractivity contribution in [3.63, 3.8) is 0 Å². The van der Waals surface area contributed by atoms with Crippen LogP contribution >= 0.6 is 0 Å². The SMILES string of the molecule is NNc1ccccc1C(=O)Nc1ccc(S(N)(=O)=O)cc1. The normalized spacial score (nSPS) is 11.0. The molecule has 6 N–H and O–H groups in total. The molecule has 0 saturated carbocycles. The van der Waals surface area contributed by atoms with Crippen molar-refractivity contribution >= 4 is 27.3 Å². The van der Waals surface area contributed by atoms with E-state index in [9.17, 15) is 13.2 Å². The van der Waals surface area contributed by atoms with Crippen molar-refractivity contribution in [2.75, 3.05) is 10.7 Å². The molecule has 1 amide bonds. The van der Waals surface area contributed by atoms with Crippen molar-refractivity contribution in [1.29, 1.82) is 0 Å². The summed E-state index contributed by atoms with van der Waals surface area (Å²) in [5, 5.41) is 7.64. The molecule has 2 aromatic carbocycles. The number of carbonyl (C=O) groups excluding carboxylic acids is 1. The molecule has 0 aromatic heterocycles. The van der Waals surface area contributed by atoms with E-state index >= 15 is 0 Å². The fourth-order valence-corrected chi connectivity index (χ4v) is 2.25. The maximum atomic E-state index is 12.1. The fraction of sp³-hybridized carbons (Fsp3) is 0. The van der Waals surface area contributed by atoms with Crippen molar-refractivity contribution < 1.29 is 13.2 Å². The largest absolute Gasteiger partial charge is 0.323 e. The molecule has 0 radical (unpaired) electrons. The van der Waals surface area contributed by atoms with E-state index in [2.05, 4.69) is 10.7 Å². The number of amides is 1. The molecule has 8 heteroatoms. The van der Waals surface area contributed by atoms with Crippen LogP contribution in [0.3, 0.4) is 0 Å². The van der Waals surface area contributed by atoms with E-state index in [-0.39, 0.29) is 10.8 Å². The first-order valence-corrected chi connectivity index (χ1v) is 7.46. The predicted octanol–water partition coefficient (Wildman–Crippen LogP) is 0.872. The lowest BCUT2D eigenvalue weighted by Gasteiger charge is -2.09. The highest BCUT2D eigenvalue weighted by molar-refractivity contribution is 7.89. The number of para-hydroxylation sites is 1. The molecule has 2 aromatic rings. The van der Waals surface area contributed by atoms with Gasteiger partial charge in [-0.05, 0) is 36.4 Å². The molecule has 2 rings (SSSR count). The first-order valence-electron chi connectivity index (χ1n) is 5.91. The molecule has 0 unspecified atom stereocenters. The van der Waals surface area contributed by atoms with Crippen LogP contribution in [-0.2, 0) is 10.0 Å². The molecule has 0 heterocycles. The quantitative estimate of drug-likeness (QED) is 0.492. The zero-order valence-corrected chi connectivity index (χ0v) is 11.7. The number of hydrazine groups is 1. The van der Waals surface area contributed by atoms with Gasteiger partial charge in [0.1, 0.15) is 0 Å². The van der Waals surface area contributed by atoms with E-state index in [0.717, 1.165) is 0 Å². The lowest BCUT2D eigenvalue weighted by atomic mass is 10.1. The van der Waals surface area contributed by atoms with Gasteiger partial charge < -0.3 is 10.7 Å². The number of anilines is 2. The van der Waals surface area contributed by atoms with Crippen molar-refractivity contribution in [2.24, 2.45) is 11.0 Å². The molecule has 0 fully saturated rings. The predicted molar refractivity (Wildman–Crippen MR) is 80.0 cm³/mol. The Kier molecular flexibility index (Phi) is 4.22. The Hall–Kier alpha value is -2.42. The van der Waals surface area contributed by atoms with E-state index in [1.165, 1.54) is 24.3 Å². The zero-order valence-electron chi connectivity index (χ0n) is 10.9. The van der Waals surface area contributed by atoms with Crippen LogP contribution in [0.25, 0.3) is 0 Å². The highest BCUT2D eigenvalue weighted by atomic mass is 32.2. The average molecular weight is 306 g/mol. The minimum atomic E-state index is -3.75. The third kappa shape index (κ3) is 3.57. The highest BCUT2D eigenvalue weighted by Crippen LogP contribution is 2.17. The molecule has 110 valence electrons. The van der Waals surface area contributed by atoms with Crippen LogP contribution in [0.15, 0.2) is 53.4 Å². The van der Waals surface area contributed by atoms with Gasteiger partial charge in [0.2, 0.25) is 10.0 Å². The second-order valence-corrected chi connectivity index (χ2v) is 5.77. The third-order valence-corrected chi connectivity index (χ3v) is 3.70. The summed E-state index contributed by atoms with van der Waals surface area (Å²) in [6, 6.07) is 12.3. The van der Waals surface area contributed by atoms with E-state index in [4.69, 9.17) is 11.0 Å². The van der Waals surface area contributed by atoms with Crippen LogP contribution in [0, 0.1) is 0 Å². The monoisotopic (exact) mass is 306 g/mol. The number of carbonyl (C=O) groups is 1. The Balaban J connectivity index is 2.20. The zero-order chi connectivity index (χ0) is 15.5. The van der Waals surface area contributed by atoms with Gasteiger partial charge in [-0.3, -0.25) is 10.6 Å². The summed E-state index contributed by atoms with van der Waals surface area (Å²) in [5.41, 5.74) is 3.73. The molecular formula is C13H14N4O3S. The molecule has 7 nitrogen and oxygen atoms in total. The first-order chi connectivity index (χ1) is 9.91. The summed E-state index contributed by atoms with van der Waals surface area (Å²) in [4.78, 5) is 12.1. The average Bonchev–Trinajstić information content (AvgIpc) is 2.46. The number of nitrogens with one attached hydrogen (secondary N) is 2. The van der Waals surface area contributed by atoms with Gasteiger partial charge in [-0.15, -0.1) is 0 Å². The molecule has 0 aliphatic heterocycles. The number of sulfonamides is 1. The van der Waals surface area contributed by atoms with Crippen LogP contribution in [0.4, 0.5) is 11.4 Å². The van der Waals surface area contributed by atoms with Gasteiger partial charge in [0, 0.05) is 5.69 Å². The number of nitrogens with two attached hydrogens (primary N) is 2. The Morgan fingerprint density at radius 3 is 2.19 bits per heavy atom. The summed E-state index contributed by atoms with van der Waals surface area (Å²) in [5.74, 6) is 4.97. The highest BCUT2D eigenvalue weighted by Gasteiger charge is 2.11.